The summed E-state index contributed by atoms with van der Waals surface area (Å²) in [5.41, 5.74) is 2.23. The quantitative estimate of drug-likeness (QED) is 0.501. The smallest absolute Gasteiger partial charge is 0.251 e. The molecule has 2 aromatic rings. The maximum Gasteiger partial charge on any atom is 0.251 e. The SMILES string of the molecule is CCCCNC(=O)c1cccc(NC(=O)CNc2cccc(C(=O)NC)c2)c1. The maximum atomic E-state index is 12.2. The fourth-order valence-electron chi connectivity index (χ4n) is 2.52. The molecule has 0 bridgehead atoms. The molecule has 0 unspecified atom stereocenters. The summed E-state index contributed by atoms with van der Waals surface area (Å²) in [7, 11) is 1.56. The van der Waals surface area contributed by atoms with Gasteiger partial charge in [0, 0.05) is 36.1 Å². The van der Waals surface area contributed by atoms with Gasteiger partial charge in [0.1, 0.15) is 0 Å². The molecule has 0 fully saturated rings. The first-order chi connectivity index (χ1) is 13.5. The van der Waals surface area contributed by atoms with Gasteiger partial charge in [0.2, 0.25) is 5.91 Å². The average Bonchev–Trinajstić information content (AvgIpc) is 2.72. The van der Waals surface area contributed by atoms with Crippen LogP contribution in [0.3, 0.4) is 0 Å². The summed E-state index contributed by atoms with van der Waals surface area (Å²) >= 11 is 0. The molecule has 0 saturated heterocycles. The summed E-state index contributed by atoms with van der Waals surface area (Å²) in [4.78, 5) is 36.0. The molecule has 4 N–H and O–H groups in total. The standard InChI is InChI=1S/C21H26N4O3/c1-3-4-11-23-21(28)16-8-6-10-18(13-16)25-19(26)14-24-17-9-5-7-15(12-17)20(27)22-2/h5-10,12-13,24H,3-4,11,14H2,1-2H3,(H,22,27)(H,23,28)(H,25,26). The Bertz CT molecular complexity index is 836. The van der Waals surface area contributed by atoms with Crippen molar-refractivity contribution in [1.82, 2.24) is 10.6 Å². The summed E-state index contributed by atoms with van der Waals surface area (Å²) in [6, 6.07) is 13.7. The van der Waals surface area contributed by atoms with Gasteiger partial charge < -0.3 is 21.3 Å². The molecule has 2 rings (SSSR count). The van der Waals surface area contributed by atoms with Crippen LogP contribution in [-0.2, 0) is 4.79 Å². The number of hydrogen-bond donors (Lipinski definition) is 4. The molecule has 0 aromatic heterocycles. The van der Waals surface area contributed by atoms with Crippen molar-refractivity contribution in [3.63, 3.8) is 0 Å². The van der Waals surface area contributed by atoms with Crippen LogP contribution in [0.2, 0.25) is 0 Å². The van der Waals surface area contributed by atoms with Crippen molar-refractivity contribution in [3.05, 3.63) is 59.7 Å². The van der Waals surface area contributed by atoms with E-state index in [0.29, 0.717) is 29.0 Å². The van der Waals surface area contributed by atoms with E-state index in [1.165, 1.54) is 0 Å². The third-order valence-corrected chi connectivity index (χ3v) is 4.03. The number of anilines is 2. The Labute approximate surface area is 164 Å². The van der Waals surface area contributed by atoms with Crippen LogP contribution in [0.15, 0.2) is 48.5 Å². The summed E-state index contributed by atoms with van der Waals surface area (Å²) in [6.45, 7) is 2.72. The zero-order chi connectivity index (χ0) is 20.4. The van der Waals surface area contributed by atoms with E-state index in [2.05, 4.69) is 28.2 Å². The Morgan fingerprint density at radius 1 is 0.893 bits per heavy atom. The normalized spacial score (nSPS) is 10.1. The van der Waals surface area contributed by atoms with E-state index >= 15 is 0 Å². The third kappa shape index (κ3) is 6.42. The predicted octanol–water partition coefficient (Wildman–Crippen LogP) is 2.63. The molecule has 0 spiro atoms. The number of benzene rings is 2. The Morgan fingerprint density at radius 2 is 1.54 bits per heavy atom. The van der Waals surface area contributed by atoms with Gasteiger partial charge in [-0.1, -0.05) is 25.5 Å². The van der Waals surface area contributed by atoms with Crippen LogP contribution in [0.1, 0.15) is 40.5 Å². The van der Waals surface area contributed by atoms with Crippen molar-refractivity contribution >= 4 is 29.1 Å². The van der Waals surface area contributed by atoms with Crippen LogP contribution in [0.25, 0.3) is 0 Å². The highest BCUT2D eigenvalue weighted by molar-refractivity contribution is 5.98. The van der Waals surface area contributed by atoms with Crippen LogP contribution < -0.4 is 21.3 Å². The predicted molar refractivity (Wildman–Crippen MR) is 111 cm³/mol. The number of rotatable bonds is 9. The number of carbonyl (C=O) groups is 3. The topological polar surface area (TPSA) is 99.3 Å². The Balaban J connectivity index is 1.90. The second-order valence-electron chi connectivity index (χ2n) is 6.25. The van der Waals surface area contributed by atoms with E-state index in [4.69, 9.17) is 0 Å². The minimum absolute atomic E-state index is 0.0319. The fraction of sp³-hybridized carbons (Fsp3) is 0.286. The van der Waals surface area contributed by atoms with E-state index in [-0.39, 0.29) is 24.3 Å². The van der Waals surface area contributed by atoms with Gasteiger partial charge in [0.25, 0.3) is 11.8 Å². The van der Waals surface area contributed by atoms with E-state index in [1.807, 2.05) is 0 Å². The first-order valence-electron chi connectivity index (χ1n) is 9.27. The minimum Gasteiger partial charge on any atom is -0.376 e. The maximum absolute atomic E-state index is 12.2. The molecule has 7 heteroatoms. The molecule has 0 aliphatic rings. The van der Waals surface area contributed by atoms with E-state index in [0.717, 1.165) is 12.8 Å². The zero-order valence-electron chi connectivity index (χ0n) is 16.2. The molecule has 148 valence electrons. The van der Waals surface area contributed by atoms with Gasteiger partial charge in [-0.05, 0) is 42.8 Å². The van der Waals surface area contributed by atoms with Crippen LogP contribution >= 0.6 is 0 Å². The highest BCUT2D eigenvalue weighted by atomic mass is 16.2. The van der Waals surface area contributed by atoms with Crippen molar-refractivity contribution in [2.24, 2.45) is 0 Å². The first kappa shape index (κ1) is 21.0. The number of unbranched alkanes of at least 4 members (excludes halogenated alkanes) is 1. The lowest BCUT2D eigenvalue weighted by atomic mass is 10.2. The molecular weight excluding hydrogens is 356 g/mol. The molecule has 7 nitrogen and oxygen atoms in total. The minimum atomic E-state index is -0.256. The van der Waals surface area contributed by atoms with Crippen LogP contribution in [-0.4, -0.2) is 37.9 Å². The largest absolute Gasteiger partial charge is 0.376 e. The highest BCUT2D eigenvalue weighted by Gasteiger charge is 2.08. The third-order valence-electron chi connectivity index (χ3n) is 4.03. The summed E-state index contributed by atoms with van der Waals surface area (Å²) < 4.78 is 0. The average molecular weight is 382 g/mol. The first-order valence-corrected chi connectivity index (χ1v) is 9.27. The fourth-order valence-corrected chi connectivity index (χ4v) is 2.52. The molecule has 0 heterocycles. The van der Waals surface area contributed by atoms with E-state index in [1.54, 1.807) is 55.6 Å². The summed E-state index contributed by atoms with van der Waals surface area (Å²) in [5, 5.41) is 11.2. The van der Waals surface area contributed by atoms with Crippen molar-refractivity contribution in [1.29, 1.82) is 0 Å². The number of amides is 3. The molecule has 0 radical (unpaired) electrons. The second kappa shape index (κ2) is 10.7. The van der Waals surface area contributed by atoms with Gasteiger partial charge in [-0.15, -0.1) is 0 Å². The Kier molecular flexibility index (Phi) is 8.02. The van der Waals surface area contributed by atoms with Gasteiger partial charge in [-0.2, -0.15) is 0 Å². The second-order valence-corrected chi connectivity index (χ2v) is 6.25. The van der Waals surface area contributed by atoms with Gasteiger partial charge in [-0.25, -0.2) is 0 Å². The lowest BCUT2D eigenvalue weighted by Gasteiger charge is -2.10. The molecule has 0 aliphatic carbocycles. The van der Waals surface area contributed by atoms with Crippen molar-refractivity contribution in [2.75, 3.05) is 30.8 Å². The van der Waals surface area contributed by atoms with E-state index in [9.17, 15) is 14.4 Å². The molecule has 0 aliphatic heterocycles. The monoisotopic (exact) mass is 382 g/mol. The lowest BCUT2D eigenvalue weighted by Crippen LogP contribution is -2.25. The van der Waals surface area contributed by atoms with E-state index < -0.39 is 0 Å². The molecule has 28 heavy (non-hydrogen) atoms. The van der Waals surface area contributed by atoms with Crippen molar-refractivity contribution < 1.29 is 14.4 Å². The summed E-state index contributed by atoms with van der Waals surface area (Å²) in [6.07, 6.45) is 1.93. The number of nitrogens with one attached hydrogen (secondary N) is 4. The van der Waals surface area contributed by atoms with Gasteiger partial charge in [0.05, 0.1) is 6.54 Å². The van der Waals surface area contributed by atoms with Crippen LogP contribution in [0, 0.1) is 0 Å². The Morgan fingerprint density at radius 3 is 2.21 bits per heavy atom. The molecule has 0 atom stereocenters. The zero-order valence-corrected chi connectivity index (χ0v) is 16.2. The summed E-state index contributed by atoms with van der Waals surface area (Å²) in [5.74, 6) is -0.607. The molecule has 2 aromatic carbocycles. The number of carbonyl (C=O) groups excluding carboxylic acids is 3. The Hall–Kier alpha value is -3.35. The van der Waals surface area contributed by atoms with Crippen LogP contribution in [0.5, 0.6) is 0 Å². The number of hydrogen-bond acceptors (Lipinski definition) is 4. The lowest BCUT2D eigenvalue weighted by molar-refractivity contribution is -0.114. The van der Waals surface area contributed by atoms with Gasteiger partial charge in [0.15, 0.2) is 0 Å². The van der Waals surface area contributed by atoms with Gasteiger partial charge in [-0.3, -0.25) is 14.4 Å². The molecule has 3 amide bonds. The van der Waals surface area contributed by atoms with Gasteiger partial charge >= 0.3 is 0 Å². The van der Waals surface area contributed by atoms with Crippen molar-refractivity contribution in [3.8, 4) is 0 Å². The molecule has 0 saturated carbocycles. The van der Waals surface area contributed by atoms with Crippen LogP contribution in [0.4, 0.5) is 11.4 Å². The molecular formula is C21H26N4O3. The van der Waals surface area contributed by atoms with Crippen molar-refractivity contribution in [2.45, 2.75) is 19.8 Å². The highest BCUT2D eigenvalue weighted by Crippen LogP contribution is 2.12.